The Morgan fingerprint density at radius 3 is 2.88 bits per heavy atom. The predicted molar refractivity (Wildman–Crippen MR) is 110 cm³/mol. The van der Waals surface area contributed by atoms with Crippen molar-refractivity contribution in [3.8, 4) is 0 Å². The van der Waals surface area contributed by atoms with E-state index in [1.54, 1.807) is 0 Å². The van der Waals surface area contributed by atoms with Crippen LogP contribution in [0.25, 0.3) is 0 Å². The summed E-state index contributed by atoms with van der Waals surface area (Å²) in [5.41, 5.74) is 0. The Balaban J connectivity index is 1.52. The monoisotopic (exact) mass is 420 g/mol. The van der Waals surface area contributed by atoms with Crippen LogP contribution in [-0.4, -0.2) is 47.3 Å². The van der Waals surface area contributed by atoms with Gasteiger partial charge in [-0.3, -0.25) is 9.36 Å². The minimum Gasteiger partial charge on any atom is -0.332 e. The highest BCUT2D eigenvalue weighted by molar-refractivity contribution is 8.57. The molecule has 0 aliphatic carbocycles. The summed E-state index contributed by atoms with van der Waals surface area (Å²) in [6.07, 6.45) is 4.78. The van der Waals surface area contributed by atoms with Crippen LogP contribution in [0.5, 0.6) is 0 Å². The number of urea groups is 1. The van der Waals surface area contributed by atoms with E-state index in [4.69, 9.17) is 4.52 Å². The fourth-order valence-electron chi connectivity index (χ4n) is 3.22. The van der Waals surface area contributed by atoms with E-state index in [2.05, 4.69) is 17.2 Å². The van der Waals surface area contributed by atoms with Gasteiger partial charge in [-0.1, -0.05) is 24.4 Å². The Hall–Kier alpha value is -0.430. The number of ketones is 1. The molecule has 6 nitrogen and oxygen atoms in total. The maximum absolute atomic E-state index is 12.2. The lowest BCUT2D eigenvalue weighted by atomic mass is 10.0. The molecular formula is C17H29N2O4PS2. The summed E-state index contributed by atoms with van der Waals surface area (Å²) >= 11 is 3.17. The highest BCUT2D eigenvalue weighted by Crippen LogP contribution is 2.60. The normalized spacial score (nSPS) is 26.7. The lowest BCUT2D eigenvalue weighted by molar-refractivity contribution is -0.119. The third-order valence-electron chi connectivity index (χ3n) is 4.54. The summed E-state index contributed by atoms with van der Waals surface area (Å²) < 4.78 is 17.4. The number of amides is 2. The molecule has 0 aromatic heterocycles. The van der Waals surface area contributed by atoms with Crippen LogP contribution in [0.3, 0.4) is 0 Å². The van der Waals surface area contributed by atoms with Gasteiger partial charge in [-0.05, 0) is 26.2 Å². The van der Waals surface area contributed by atoms with Crippen LogP contribution in [0, 0.1) is 0 Å². The van der Waals surface area contributed by atoms with E-state index in [0.29, 0.717) is 36.9 Å². The standard InChI is InChI=1S/C17H29N2O4PS2/c1-3-23-24(22,4-2)26-11-7-9-13(20)8-5-6-10-15-16-14(12-25-15)18-17(21)19-16/h4,14-16H,2-3,5-12H2,1H3,(H2,18,19,21)/t14-,15-,16-,24?/m0/s1. The van der Waals surface area contributed by atoms with Crippen molar-refractivity contribution in [2.45, 2.75) is 62.8 Å². The molecule has 0 aromatic rings. The molecule has 2 N–H and O–H groups in total. The molecule has 0 saturated carbocycles. The molecule has 0 aromatic carbocycles. The van der Waals surface area contributed by atoms with Crippen LogP contribution in [-0.2, 0) is 13.9 Å². The molecule has 0 spiro atoms. The third kappa shape index (κ3) is 6.63. The minimum absolute atomic E-state index is 0.0521. The molecule has 2 rings (SSSR count). The zero-order valence-electron chi connectivity index (χ0n) is 15.3. The Morgan fingerprint density at radius 2 is 2.15 bits per heavy atom. The largest absolute Gasteiger partial charge is 0.332 e. The molecule has 4 atom stereocenters. The van der Waals surface area contributed by atoms with E-state index < -0.39 is 6.57 Å². The average molecular weight is 421 g/mol. The van der Waals surface area contributed by atoms with Crippen LogP contribution < -0.4 is 10.6 Å². The maximum Gasteiger partial charge on any atom is 0.315 e. The van der Waals surface area contributed by atoms with Gasteiger partial charge in [0.1, 0.15) is 5.78 Å². The number of nitrogens with one attached hydrogen (secondary N) is 2. The molecule has 0 radical (unpaired) electrons. The predicted octanol–water partition coefficient (Wildman–Crippen LogP) is 4.17. The second-order valence-corrected chi connectivity index (χ2v) is 12.4. The van der Waals surface area contributed by atoms with Gasteiger partial charge in [0.25, 0.3) is 6.57 Å². The number of carbonyl (C=O) groups excluding carboxylic acids is 2. The average Bonchev–Trinajstić information content (AvgIpc) is 3.15. The lowest BCUT2D eigenvalue weighted by Gasteiger charge is -2.16. The topological polar surface area (TPSA) is 84.5 Å². The fourth-order valence-corrected chi connectivity index (χ4v) is 7.94. The Labute approximate surface area is 164 Å². The Morgan fingerprint density at radius 1 is 1.38 bits per heavy atom. The van der Waals surface area contributed by atoms with Crippen molar-refractivity contribution in [2.24, 2.45) is 0 Å². The molecule has 2 heterocycles. The molecule has 2 fully saturated rings. The van der Waals surface area contributed by atoms with Gasteiger partial charge in [0.15, 0.2) is 0 Å². The maximum atomic E-state index is 12.2. The van der Waals surface area contributed by atoms with Gasteiger partial charge in [-0.2, -0.15) is 11.8 Å². The Bertz CT molecular complexity index is 561. The van der Waals surface area contributed by atoms with Gasteiger partial charge in [-0.15, -0.1) is 0 Å². The highest BCUT2D eigenvalue weighted by atomic mass is 32.7. The number of carbonyl (C=O) groups is 2. The van der Waals surface area contributed by atoms with Gasteiger partial charge in [0.05, 0.1) is 18.7 Å². The summed E-state index contributed by atoms with van der Waals surface area (Å²) in [4.78, 5) is 23.3. The number of unbranched alkanes of at least 4 members (excludes halogenated alkanes) is 1. The Kier molecular flexibility index (Phi) is 9.07. The van der Waals surface area contributed by atoms with E-state index in [1.807, 2.05) is 18.7 Å². The van der Waals surface area contributed by atoms with Crippen molar-refractivity contribution in [1.29, 1.82) is 0 Å². The summed E-state index contributed by atoms with van der Waals surface area (Å²) in [7, 11) is 0. The summed E-state index contributed by atoms with van der Waals surface area (Å²) in [6.45, 7) is 2.99. The molecule has 1 unspecified atom stereocenters. The number of rotatable bonds is 13. The molecule has 2 aliphatic heterocycles. The van der Waals surface area contributed by atoms with Gasteiger partial charge >= 0.3 is 6.03 Å². The molecule has 2 amide bonds. The first-order valence-corrected chi connectivity index (χ1v) is 13.5. The fraction of sp³-hybridized carbons (Fsp3) is 0.765. The van der Waals surface area contributed by atoms with Crippen molar-refractivity contribution < 1.29 is 18.7 Å². The van der Waals surface area contributed by atoms with E-state index in [9.17, 15) is 14.2 Å². The SMILES string of the molecule is C=CP(=O)(OCC)SCCCC(=O)CCCC[C@@H]1SC[C@@H]2NC(=O)N[C@@H]21. The molecule has 148 valence electrons. The third-order valence-corrected chi connectivity index (χ3v) is 10.3. The number of hydrogen-bond acceptors (Lipinski definition) is 6. The quantitative estimate of drug-likeness (QED) is 0.264. The molecule has 2 aliphatic rings. The van der Waals surface area contributed by atoms with Crippen molar-refractivity contribution in [2.75, 3.05) is 18.1 Å². The molecule has 26 heavy (non-hydrogen) atoms. The van der Waals surface area contributed by atoms with Gasteiger partial charge in [0, 0.05) is 35.4 Å². The van der Waals surface area contributed by atoms with Crippen LogP contribution >= 0.6 is 29.7 Å². The number of hydrogen-bond donors (Lipinski definition) is 2. The van der Waals surface area contributed by atoms with Crippen molar-refractivity contribution in [3.63, 3.8) is 0 Å². The number of fused-ring (bicyclic) bond motifs is 1. The first kappa shape index (κ1) is 21.9. The highest BCUT2D eigenvalue weighted by Gasteiger charge is 2.42. The molecular weight excluding hydrogens is 391 g/mol. The first-order chi connectivity index (χ1) is 12.5. The molecule has 2 saturated heterocycles. The van der Waals surface area contributed by atoms with Gasteiger partial charge in [-0.25, -0.2) is 4.79 Å². The van der Waals surface area contributed by atoms with E-state index >= 15 is 0 Å². The van der Waals surface area contributed by atoms with E-state index in [0.717, 1.165) is 25.0 Å². The zero-order chi connectivity index (χ0) is 19.0. The molecule has 0 bridgehead atoms. The zero-order valence-corrected chi connectivity index (χ0v) is 17.8. The molecule has 9 heteroatoms. The second-order valence-electron chi connectivity index (χ2n) is 6.48. The van der Waals surface area contributed by atoms with Crippen LogP contribution in [0.4, 0.5) is 4.79 Å². The summed E-state index contributed by atoms with van der Waals surface area (Å²) in [5.74, 6) is 3.27. The number of Topliss-reactive ketones (excluding diaryl/α,β-unsaturated/α-hetero) is 1. The first-order valence-electron chi connectivity index (χ1n) is 9.20. The minimum atomic E-state index is -2.78. The van der Waals surface area contributed by atoms with Crippen LogP contribution in [0.2, 0.25) is 0 Å². The van der Waals surface area contributed by atoms with Gasteiger partial charge < -0.3 is 15.2 Å². The lowest BCUT2D eigenvalue weighted by Crippen LogP contribution is -2.36. The van der Waals surface area contributed by atoms with Gasteiger partial charge in [0.2, 0.25) is 0 Å². The smallest absolute Gasteiger partial charge is 0.315 e. The number of thioether (sulfide) groups is 1. The van der Waals surface area contributed by atoms with Crippen LogP contribution in [0.15, 0.2) is 12.4 Å². The van der Waals surface area contributed by atoms with Crippen LogP contribution in [0.1, 0.15) is 45.4 Å². The summed E-state index contributed by atoms with van der Waals surface area (Å²) in [6, 6.07) is 0.453. The second kappa shape index (κ2) is 10.8. The van der Waals surface area contributed by atoms with Crippen molar-refractivity contribution >= 4 is 41.5 Å². The van der Waals surface area contributed by atoms with Crippen molar-refractivity contribution in [3.05, 3.63) is 12.4 Å². The van der Waals surface area contributed by atoms with Crippen molar-refractivity contribution in [1.82, 2.24) is 10.6 Å². The van der Waals surface area contributed by atoms with E-state index in [-0.39, 0.29) is 23.9 Å². The van der Waals surface area contributed by atoms with E-state index in [1.165, 1.54) is 17.2 Å². The summed E-state index contributed by atoms with van der Waals surface area (Å²) in [5, 5.41) is 6.39.